The summed E-state index contributed by atoms with van der Waals surface area (Å²) in [7, 11) is 0. The third kappa shape index (κ3) is 5.82. The Morgan fingerprint density at radius 2 is 2.14 bits per heavy atom. The summed E-state index contributed by atoms with van der Waals surface area (Å²) in [5.41, 5.74) is 1.14. The third-order valence-electron chi connectivity index (χ3n) is 4.51. The van der Waals surface area contributed by atoms with Crippen molar-refractivity contribution in [2.75, 3.05) is 13.1 Å². The van der Waals surface area contributed by atoms with Crippen molar-refractivity contribution < 1.29 is 14.3 Å². The van der Waals surface area contributed by atoms with E-state index in [-0.39, 0.29) is 18.0 Å². The number of hydrogen-bond acceptors (Lipinski definition) is 5. The monoisotopic (exact) mass is 418 g/mol. The van der Waals surface area contributed by atoms with E-state index in [2.05, 4.69) is 24.3 Å². The molecule has 0 saturated carbocycles. The third-order valence-corrected chi connectivity index (χ3v) is 5.49. The van der Waals surface area contributed by atoms with E-state index >= 15 is 0 Å². The van der Waals surface area contributed by atoms with Crippen LogP contribution in [-0.2, 0) is 11.3 Å². The van der Waals surface area contributed by atoms with Crippen LogP contribution in [0.1, 0.15) is 51.4 Å². The van der Waals surface area contributed by atoms with Crippen LogP contribution in [0.2, 0.25) is 0 Å². The molecule has 0 aromatic carbocycles. The molecule has 1 N–H and O–H groups in total. The van der Waals surface area contributed by atoms with Gasteiger partial charge in [-0.1, -0.05) is 13.8 Å². The molecule has 1 aliphatic rings. The van der Waals surface area contributed by atoms with Gasteiger partial charge in [-0.2, -0.15) is 5.10 Å². The van der Waals surface area contributed by atoms with Crippen molar-refractivity contribution in [3.8, 4) is 10.4 Å². The lowest BCUT2D eigenvalue weighted by atomic mass is 10.2. The molecular weight excluding hydrogens is 388 g/mol. The average Bonchev–Trinajstić information content (AvgIpc) is 3.32. The largest absolute Gasteiger partial charge is 0.444 e. The Morgan fingerprint density at radius 3 is 2.83 bits per heavy atom. The maximum Gasteiger partial charge on any atom is 0.410 e. The van der Waals surface area contributed by atoms with Gasteiger partial charge in [-0.25, -0.2) is 4.79 Å². The fourth-order valence-corrected chi connectivity index (χ4v) is 4.08. The van der Waals surface area contributed by atoms with E-state index < -0.39 is 5.60 Å². The molecule has 2 aromatic heterocycles. The maximum atomic E-state index is 12.6. The maximum absolute atomic E-state index is 12.6. The first-order chi connectivity index (χ1) is 13.6. The molecular formula is C21H30N4O3S. The summed E-state index contributed by atoms with van der Waals surface area (Å²) in [5.74, 6) is 0.414. The minimum absolute atomic E-state index is 0.0628. The zero-order chi connectivity index (χ0) is 21.2. The molecule has 3 heterocycles. The summed E-state index contributed by atoms with van der Waals surface area (Å²) >= 11 is 1.53. The van der Waals surface area contributed by atoms with Gasteiger partial charge in [0.05, 0.1) is 11.8 Å². The van der Waals surface area contributed by atoms with Crippen molar-refractivity contribution >= 4 is 23.3 Å². The highest BCUT2D eigenvalue weighted by Gasteiger charge is 2.30. The van der Waals surface area contributed by atoms with Crippen LogP contribution in [-0.4, -0.2) is 51.4 Å². The molecule has 8 heteroatoms. The lowest BCUT2D eigenvalue weighted by Crippen LogP contribution is -2.40. The molecule has 1 atom stereocenters. The van der Waals surface area contributed by atoms with Crippen molar-refractivity contribution in [1.82, 2.24) is 20.0 Å². The quantitative estimate of drug-likeness (QED) is 0.796. The Bertz CT molecular complexity index is 865. The van der Waals surface area contributed by atoms with Crippen LogP contribution in [0, 0.1) is 5.92 Å². The fraction of sp³-hybridized carbons (Fsp3) is 0.571. The minimum atomic E-state index is -0.519. The van der Waals surface area contributed by atoms with Gasteiger partial charge < -0.3 is 15.0 Å². The summed E-state index contributed by atoms with van der Waals surface area (Å²) in [4.78, 5) is 27.5. The second-order valence-corrected chi connectivity index (χ2v) is 9.84. The number of likely N-dealkylation sites (tertiary alicyclic amines) is 1. The van der Waals surface area contributed by atoms with Gasteiger partial charge in [0.2, 0.25) is 0 Å². The normalized spacial score (nSPS) is 17.0. The van der Waals surface area contributed by atoms with Crippen molar-refractivity contribution in [2.24, 2.45) is 5.92 Å². The highest BCUT2D eigenvalue weighted by Crippen LogP contribution is 2.27. The van der Waals surface area contributed by atoms with Gasteiger partial charge in [0, 0.05) is 47.7 Å². The van der Waals surface area contributed by atoms with Crippen LogP contribution in [0.5, 0.6) is 0 Å². The van der Waals surface area contributed by atoms with E-state index in [4.69, 9.17) is 4.74 Å². The van der Waals surface area contributed by atoms with Crippen molar-refractivity contribution in [3.63, 3.8) is 0 Å². The number of nitrogens with one attached hydrogen (secondary N) is 1. The first-order valence-electron chi connectivity index (χ1n) is 10.0. The van der Waals surface area contributed by atoms with E-state index in [0.29, 0.717) is 24.6 Å². The standard InChI is InChI=1S/C21H30N4O3S/c1-14(2)10-25-11-16(9-22-25)18-8-15(13-29-18)19(26)23-17-6-7-24(12-17)20(27)28-21(3,4)5/h8-9,11,13-14,17H,6-7,10,12H2,1-5H3,(H,23,26)/t17-/m1/s1. The predicted molar refractivity (Wildman–Crippen MR) is 114 cm³/mol. The van der Waals surface area contributed by atoms with Crippen LogP contribution in [0.3, 0.4) is 0 Å². The molecule has 3 rings (SSSR count). The molecule has 1 saturated heterocycles. The summed E-state index contributed by atoms with van der Waals surface area (Å²) < 4.78 is 7.34. The fourth-order valence-electron chi connectivity index (χ4n) is 3.21. The molecule has 29 heavy (non-hydrogen) atoms. The Balaban J connectivity index is 1.56. The SMILES string of the molecule is CC(C)Cn1cc(-c2cc(C(=O)N[C@@H]3CCN(C(=O)OC(C)(C)C)C3)cs2)cn1. The Labute approximate surface area is 176 Å². The van der Waals surface area contributed by atoms with Crippen molar-refractivity contribution in [3.05, 3.63) is 29.4 Å². The minimum Gasteiger partial charge on any atom is -0.444 e. The molecule has 0 bridgehead atoms. The first kappa shape index (κ1) is 21.4. The number of hydrogen-bond donors (Lipinski definition) is 1. The molecule has 0 radical (unpaired) electrons. The van der Waals surface area contributed by atoms with Crippen molar-refractivity contribution in [1.29, 1.82) is 0 Å². The van der Waals surface area contributed by atoms with E-state index in [9.17, 15) is 9.59 Å². The van der Waals surface area contributed by atoms with Gasteiger partial charge in [0.1, 0.15) is 5.60 Å². The number of ether oxygens (including phenoxy) is 1. The van der Waals surface area contributed by atoms with E-state index in [1.165, 1.54) is 11.3 Å². The molecule has 2 amide bonds. The lowest BCUT2D eigenvalue weighted by Gasteiger charge is -2.24. The number of nitrogens with zero attached hydrogens (tertiary/aromatic N) is 3. The Hall–Kier alpha value is -2.35. The number of amides is 2. The topological polar surface area (TPSA) is 76.5 Å². The molecule has 0 spiro atoms. The van der Waals surface area contributed by atoms with E-state index in [1.54, 1.807) is 4.90 Å². The summed E-state index contributed by atoms with van der Waals surface area (Å²) in [6, 6.07) is 1.84. The second-order valence-electron chi connectivity index (χ2n) is 8.93. The summed E-state index contributed by atoms with van der Waals surface area (Å²) in [5, 5.41) is 9.30. The zero-order valence-electron chi connectivity index (χ0n) is 17.8. The van der Waals surface area contributed by atoms with E-state index in [0.717, 1.165) is 23.4 Å². The number of thiophene rings is 1. The highest BCUT2D eigenvalue weighted by atomic mass is 32.1. The average molecular weight is 419 g/mol. The van der Waals surface area contributed by atoms with Crippen LogP contribution >= 0.6 is 11.3 Å². The zero-order valence-corrected chi connectivity index (χ0v) is 18.6. The van der Waals surface area contributed by atoms with Gasteiger partial charge in [-0.3, -0.25) is 9.48 Å². The highest BCUT2D eigenvalue weighted by molar-refractivity contribution is 7.13. The Morgan fingerprint density at radius 1 is 1.38 bits per heavy atom. The number of aromatic nitrogens is 2. The summed E-state index contributed by atoms with van der Waals surface area (Å²) in [6.45, 7) is 11.8. The molecule has 1 fully saturated rings. The molecule has 0 unspecified atom stereocenters. The summed E-state index contributed by atoms with van der Waals surface area (Å²) in [6.07, 6.45) is 4.25. The lowest BCUT2D eigenvalue weighted by molar-refractivity contribution is 0.0290. The van der Waals surface area contributed by atoms with Crippen LogP contribution < -0.4 is 5.32 Å². The first-order valence-corrected chi connectivity index (χ1v) is 10.9. The predicted octanol–water partition coefficient (Wildman–Crippen LogP) is 4.01. The number of rotatable bonds is 5. The number of carbonyl (C=O) groups excluding carboxylic acids is 2. The smallest absolute Gasteiger partial charge is 0.410 e. The number of carbonyl (C=O) groups is 2. The molecule has 158 valence electrons. The van der Waals surface area contributed by atoms with Gasteiger partial charge in [0.15, 0.2) is 0 Å². The van der Waals surface area contributed by atoms with Crippen LogP contribution in [0.4, 0.5) is 4.79 Å². The van der Waals surface area contributed by atoms with Crippen molar-refractivity contribution in [2.45, 2.75) is 59.2 Å². The molecule has 2 aromatic rings. The Kier molecular flexibility index (Phi) is 6.31. The van der Waals surface area contributed by atoms with Gasteiger partial charge in [-0.05, 0) is 39.2 Å². The molecule has 1 aliphatic heterocycles. The van der Waals surface area contributed by atoms with Crippen LogP contribution in [0.25, 0.3) is 10.4 Å². The van der Waals surface area contributed by atoms with Gasteiger partial charge >= 0.3 is 6.09 Å². The van der Waals surface area contributed by atoms with Gasteiger partial charge in [-0.15, -0.1) is 11.3 Å². The van der Waals surface area contributed by atoms with Crippen LogP contribution in [0.15, 0.2) is 23.8 Å². The molecule has 0 aliphatic carbocycles. The molecule has 7 nitrogen and oxygen atoms in total. The van der Waals surface area contributed by atoms with Gasteiger partial charge in [0.25, 0.3) is 5.91 Å². The second kappa shape index (κ2) is 8.57. The van der Waals surface area contributed by atoms with E-state index in [1.807, 2.05) is 49.3 Å².